The summed E-state index contributed by atoms with van der Waals surface area (Å²) in [5, 5.41) is 25.5. The molecule has 0 bridgehead atoms. The fraction of sp³-hybridized carbons (Fsp3) is 0.667. The number of phosphoric ester groups is 1. The van der Waals surface area contributed by atoms with Crippen molar-refractivity contribution in [2.75, 3.05) is 37.7 Å². The summed E-state index contributed by atoms with van der Waals surface area (Å²) in [6, 6.07) is 3.12. The molecule has 1 unspecified atom stereocenters. The number of hydrogen-bond acceptors (Lipinski definition) is 14. The van der Waals surface area contributed by atoms with Crippen LogP contribution in [0.5, 0.6) is 0 Å². The highest BCUT2D eigenvalue weighted by Gasteiger charge is 2.35. The lowest BCUT2D eigenvalue weighted by Gasteiger charge is -2.27. The van der Waals surface area contributed by atoms with E-state index >= 15 is 0 Å². The number of aliphatic hydroxyl groups is 2. The van der Waals surface area contributed by atoms with E-state index in [1.165, 1.54) is 24.0 Å². The molecular weight excluding hydrogens is 583 g/mol. The summed E-state index contributed by atoms with van der Waals surface area (Å²) >= 11 is 1.83. The van der Waals surface area contributed by atoms with Gasteiger partial charge in [0.1, 0.15) is 36.1 Å². The number of fused-ring (bicyclic) bond motifs is 1. The third-order valence-corrected chi connectivity index (χ3v) is 9.35. The molecule has 0 spiro atoms. The van der Waals surface area contributed by atoms with Crippen LogP contribution in [0.2, 0.25) is 0 Å². The van der Waals surface area contributed by atoms with Gasteiger partial charge in [0.2, 0.25) is 0 Å². The van der Waals surface area contributed by atoms with E-state index in [0.29, 0.717) is 5.52 Å². The Labute approximate surface area is 242 Å². The Balaban J connectivity index is 2.09. The molecule has 0 amide bonds. The molecule has 2 heterocycles. The molecule has 2 rings (SSSR count). The van der Waals surface area contributed by atoms with Crippen molar-refractivity contribution >= 4 is 52.9 Å². The van der Waals surface area contributed by atoms with E-state index in [2.05, 4.69) is 10.1 Å². The number of thioether (sulfide) groups is 2. The molecule has 0 aliphatic rings. The van der Waals surface area contributed by atoms with Gasteiger partial charge in [-0.3, -0.25) is 23.2 Å². The zero-order valence-corrected chi connectivity index (χ0v) is 26.3. The van der Waals surface area contributed by atoms with Gasteiger partial charge in [-0.15, -0.1) is 0 Å². The van der Waals surface area contributed by atoms with E-state index in [-0.39, 0.29) is 40.0 Å². The maximum absolute atomic E-state index is 13.4. The summed E-state index contributed by atoms with van der Waals surface area (Å²) < 4.78 is 36.3. The molecule has 40 heavy (non-hydrogen) atoms. The van der Waals surface area contributed by atoms with E-state index in [1.54, 1.807) is 47.6 Å². The Kier molecular flexibility index (Phi) is 12.6. The van der Waals surface area contributed by atoms with Crippen molar-refractivity contribution in [3.8, 4) is 0 Å². The Hall–Kier alpha value is -1.55. The van der Waals surface area contributed by atoms with Gasteiger partial charge in [0.05, 0.1) is 18.9 Å². The van der Waals surface area contributed by atoms with E-state index < -0.39 is 43.6 Å². The predicted molar refractivity (Wildman–Crippen MR) is 154 cm³/mol. The maximum atomic E-state index is 13.4. The van der Waals surface area contributed by atoms with Crippen molar-refractivity contribution in [1.82, 2.24) is 14.6 Å². The highest BCUT2D eigenvalue weighted by atomic mass is 32.2. The Morgan fingerprint density at radius 2 is 1.68 bits per heavy atom. The summed E-state index contributed by atoms with van der Waals surface area (Å²) in [5.41, 5.74) is 5.28. The molecule has 16 heteroatoms. The molecule has 4 atom stereocenters. The fourth-order valence-electron chi connectivity index (χ4n) is 3.02. The number of carbonyl (C=O) groups is 2. The molecule has 0 aliphatic carbocycles. The standard InChI is InChI=1S/C24H39N4O9PS2/c1-23(2,3)21(31)39-11-10-35-38(33,37-14-40-22(32)24(4,5)6)36-12-17(34-7)19(30)18(29)15-8-9-16-20(25)26-13-27-28(15)16/h8-9,13,17-19,29-30H,10-12,14H2,1-7H3,(H2,25,26,27)/t17-,18+,19-,38?/m1/s1. The van der Waals surface area contributed by atoms with Gasteiger partial charge in [0, 0.05) is 23.7 Å². The lowest BCUT2D eigenvalue weighted by Crippen LogP contribution is -2.37. The van der Waals surface area contributed by atoms with Crippen LogP contribution < -0.4 is 5.73 Å². The Bertz CT molecular complexity index is 1200. The first-order valence-electron chi connectivity index (χ1n) is 12.4. The molecular formula is C24H39N4O9PS2. The van der Waals surface area contributed by atoms with Crippen LogP contribution in [0.3, 0.4) is 0 Å². The molecule has 0 saturated heterocycles. The van der Waals surface area contributed by atoms with Crippen molar-refractivity contribution in [3.05, 3.63) is 24.2 Å². The predicted octanol–water partition coefficient (Wildman–Crippen LogP) is 3.45. The molecule has 0 radical (unpaired) electrons. The number of ether oxygens (including phenoxy) is 1. The average Bonchev–Trinajstić information content (AvgIpc) is 3.30. The topological polar surface area (TPSA) is 185 Å². The van der Waals surface area contributed by atoms with E-state index in [1.807, 2.05) is 0 Å². The number of nitrogen functional groups attached to an aromatic ring is 1. The van der Waals surface area contributed by atoms with Gasteiger partial charge in [-0.2, -0.15) is 5.10 Å². The summed E-state index contributed by atoms with van der Waals surface area (Å²) in [6.07, 6.45) is -3.01. The van der Waals surface area contributed by atoms with Crippen LogP contribution >= 0.6 is 31.3 Å². The zero-order valence-electron chi connectivity index (χ0n) is 23.7. The third kappa shape index (κ3) is 9.78. The van der Waals surface area contributed by atoms with Gasteiger partial charge in [-0.25, -0.2) is 14.1 Å². The summed E-state index contributed by atoms with van der Waals surface area (Å²) in [5.74, 6) is 0.0546. The van der Waals surface area contributed by atoms with Crippen LogP contribution in [0.15, 0.2) is 18.5 Å². The SMILES string of the molecule is CO[C@H](COP(=O)(OCCSC(=O)C(C)(C)C)OCSC(=O)C(C)(C)C)[C@@H](O)[C@@H](O)c1ccc2c(N)ncnn12. The normalized spacial score (nSPS) is 16.4. The number of carbonyl (C=O) groups excluding carboxylic acids is 2. The smallest absolute Gasteiger partial charge is 0.387 e. The van der Waals surface area contributed by atoms with E-state index in [4.69, 9.17) is 24.0 Å². The second-order valence-electron chi connectivity index (χ2n) is 10.8. The van der Waals surface area contributed by atoms with Crippen molar-refractivity contribution in [2.45, 2.75) is 59.9 Å². The fourth-order valence-corrected chi connectivity index (χ4v) is 6.06. The number of hydrogen-bond donors (Lipinski definition) is 3. The Morgan fingerprint density at radius 1 is 1.05 bits per heavy atom. The van der Waals surface area contributed by atoms with Crippen molar-refractivity contribution in [2.24, 2.45) is 10.8 Å². The van der Waals surface area contributed by atoms with Gasteiger partial charge >= 0.3 is 7.82 Å². The lowest BCUT2D eigenvalue weighted by molar-refractivity contribution is -0.118. The monoisotopic (exact) mass is 622 g/mol. The zero-order chi connectivity index (χ0) is 30.3. The molecule has 0 aromatic carbocycles. The summed E-state index contributed by atoms with van der Waals surface area (Å²) in [7, 11) is -3.01. The van der Waals surface area contributed by atoms with Gasteiger partial charge < -0.3 is 20.7 Å². The second-order valence-corrected chi connectivity index (χ2v) is 14.4. The molecule has 2 aromatic rings. The molecule has 4 N–H and O–H groups in total. The van der Waals surface area contributed by atoms with Gasteiger partial charge in [-0.05, 0) is 12.1 Å². The molecule has 0 fully saturated rings. The average molecular weight is 623 g/mol. The molecule has 2 aromatic heterocycles. The van der Waals surface area contributed by atoms with Gasteiger partial charge in [0.25, 0.3) is 0 Å². The number of anilines is 1. The lowest BCUT2D eigenvalue weighted by atomic mass is 9.99. The highest BCUT2D eigenvalue weighted by molar-refractivity contribution is 8.14. The molecule has 226 valence electrons. The first-order chi connectivity index (χ1) is 18.5. The van der Waals surface area contributed by atoms with Crippen molar-refractivity contribution in [3.63, 3.8) is 0 Å². The minimum atomic E-state index is -4.28. The maximum Gasteiger partial charge on any atom is 0.475 e. The molecule has 0 saturated carbocycles. The second kappa shape index (κ2) is 14.6. The van der Waals surface area contributed by atoms with Crippen LogP contribution in [-0.4, -0.2) is 79.3 Å². The number of rotatable bonds is 14. The summed E-state index contributed by atoms with van der Waals surface area (Å²) in [6.45, 7) is 9.92. The minimum Gasteiger partial charge on any atom is -0.387 e. The number of nitrogens with two attached hydrogens (primary N) is 1. The largest absolute Gasteiger partial charge is 0.475 e. The minimum absolute atomic E-state index is 0.0689. The number of methoxy groups -OCH3 is 1. The van der Waals surface area contributed by atoms with Crippen LogP contribution in [-0.2, 0) is 32.5 Å². The quantitative estimate of drug-likeness (QED) is 0.158. The van der Waals surface area contributed by atoms with Crippen LogP contribution in [0, 0.1) is 10.8 Å². The van der Waals surface area contributed by atoms with Crippen molar-refractivity contribution < 1.29 is 42.7 Å². The van der Waals surface area contributed by atoms with E-state index in [0.717, 1.165) is 23.5 Å². The molecule has 0 aliphatic heterocycles. The van der Waals surface area contributed by atoms with Crippen LogP contribution in [0.25, 0.3) is 5.52 Å². The first-order valence-corrected chi connectivity index (χ1v) is 15.8. The van der Waals surface area contributed by atoms with Crippen molar-refractivity contribution in [1.29, 1.82) is 0 Å². The van der Waals surface area contributed by atoms with Gasteiger partial charge in [-0.1, -0.05) is 65.1 Å². The van der Waals surface area contributed by atoms with E-state index in [9.17, 15) is 24.4 Å². The number of phosphoric acid groups is 1. The third-order valence-electron chi connectivity index (χ3n) is 5.41. The number of nitrogens with zero attached hydrogens (tertiary/aromatic N) is 3. The summed E-state index contributed by atoms with van der Waals surface area (Å²) in [4.78, 5) is 28.3. The Morgan fingerprint density at radius 3 is 2.27 bits per heavy atom. The van der Waals surface area contributed by atoms with Crippen LogP contribution in [0.4, 0.5) is 5.82 Å². The molecule has 13 nitrogen and oxygen atoms in total. The van der Waals surface area contributed by atoms with Gasteiger partial charge in [0.15, 0.2) is 16.0 Å². The number of aromatic nitrogens is 3. The van der Waals surface area contributed by atoms with Crippen LogP contribution in [0.1, 0.15) is 53.3 Å². The first kappa shape index (κ1) is 34.7. The number of aliphatic hydroxyl groups excluding tert-OH is 2. The highest BCUT2D eigenvalue weighted by Crippen LogP contribution is 2.51.